The average Bonchev–Trinajstić information content (AvgIpc) is 2.97. The first-order valence-corrected chi connectivity index (χ1v) is 8.68. The van der Waals surface area contributed by atoms with Crippen LogP contribution in [0.3, 0.4) is 0 Å². The Balaban J connectivity index is 1.96. The van der Waals surface area contributed by atoms with Crippen LogP contribution in [0.15, 0.2) is 24.4 Å². The fourth-order valence-electron chi connectivity index (χ4n) is 2.75. The maximum Gasteiger partial charge on any atom is 0.306 e. The second-order valence-electron chi connectivity index (χ2n) is 7.53. The molecule has 8 nitrogen and oxygen atoms in total. The van der Waals surface area contributed by atoms with E-state index in [0.29, 0.717) is 0 Å². The van der Waals surface area contributed by atoms with E-state index < -0.39 is 48.2 Å². The third-order valence-corrected chi connectivity index (χ3v) is 4.39. The van der Waals surface area contributed by atoms with E-state index in [1.807, 2.05) is 0 Å². The minimum atomic E-state index is -1.01. The number of amides is 1. The quantitative estimate of drug-likeness (QED) is 0.661. The monoisotopic (exact) mass is 384 g/mol. The highest BCUT2D eigenvalue weighted by Gasteiger charge is 2.41. The van der Waals surface area contributed by atoms with Crippen molar-refractivity contribution in [1.82, 2.24) is 10.2 Å². The Morgan fingerprint density at radius 1 is 1.44 bits per heavy atom. The summed E-state index contributed by atoms with van der Waals surface area (Å²) in [4.78, 5) is 36.5. The predicted octanol–water partition coefficient (Wildman–Crippen LogP) is 1.11. The maximum absolute atomic E-state index is 13.6. The Morgan fingerprint density at radius 3 is 2.70 bits per heavy atom. The fourth-order valence-corrected chi connectivity index (χ4v) is 2.75. The molecular formula is C18H25FN2O6. The molecule has 3 unspecified atom stereocenters. The molecule has 27 heavy (non-hydrogen) atoms. The number of Topliss-reactive ketones (excluding diaryl/α,β-unsaturated/α-hetero) is 1. The van der Waals surface area contributed by atoms with Crippen LogP contribution in [-0.4, -0.2) is 52.7 Å². The van der Waals surface area contributed by atoms with Gasteiger partial charge in [-0.3, -0.25) is 14.4 Å². The number of hydrogen-bond donors (Lipinski definition) is 2. The summed E-state index contributed by atoms with van der Waals surface area (Å²) in [7, 11) is 0. The van der Waals surface area contributed by atoms with E-state index in [4.69, 9.17) is 9.47 Å². The molecule has 9 heteroatoms. The lowest BCUT2D eigenvalue weighted by molar-refractivity contribution is -0.154. The SMILES string of the molecule is C=C1NC(=O)C(F)=CN1C1CC(OC(=O)CCC(=O)C(C)(C)C)C(CO)O1. The smallest absolute Gasteiger partial charge is 0.306 e. The van der Waals surface area contributed by atoms with Crippen molar-refractivity contribution in [3.05, 3.63) is 24.4 Å². The van der Waals surface area contributed by atoms with Crippen molar-refractivity contribution in [3.8, 4) is 0 Å². The summed E-state index contributed by atoms with van der Waals surface area (Å²) >= 11 is 0. The maximum atomic E-state index is 13.6. The molecule has 0 aliphatic carbocycles. The molecule has 1 saturated heterocycles. The van der Waals surface area contributed by atoms with Crippen molar-refractivity contribution < 1.29 is 33.4 Å². The van der Waals surface area contributed by atoms with Crippen molar-refractivity contribution in [3.63, 3.8) is 0 Å². The molecule has 2 rings (SSSR count). The summed E-state index contributed by atoms with van der Waals surface area (Å²) in [5.41, 5.74) is -0.537. The van der Waals surface area contributed by atoms with E-state index in [-0.39, 0.29) is 30.9 Å². The van der Waals surface area contributed by atoms with E-state index in [1.54, 1.807) is 20.8 Å². The number of aliphatic hydroxyl groups excluding tert-OH is 1. The van der Waals surface area contributed by atoms with Gasteiger partial charge in [0.1, 0.15) is 30.0 Å². The first-order chi connectivity index (χ1) is 12.5. The molecule has 0 saturated carbocycles. The summed E-state index contributed by atoms with van der Waals surface area (Å²) in [5, 5.41) is 11.7. The number of carbonyl (C=O) groups excluding carboxylic acids is 3. The van der Waals surface area contributed by atoms with Gasteiger partial charge in [-0.25, -0.2) is 0 Å². The van der Waals surface area contributed by atoms with Crippen LogP contribution in [0.1, 0.15) is 40.0 Å². The number of hydrogen-bond acceptors (Lipinski definition) is 7. The van der Waals surface area contributed by atoms with Gasteiger partial charge >= 0.3 is 5.97 Å². The minimum absolute atomic E-state index is 0.0559. The summed E-state index contributed by atoms with van der Waals surface area (Å²) in [6.07, 6.45) is -1.26. The number of ketones is 1. The number of esters is 1. The van der Waals surface area contributed by atoms with Gasteiger partial charge in [0, 0.05) is 24.5 Å². The van der Waals surface area contributed by atoms with Crippen LogP contribution < -0.4 is 5.32 Å². The number of halogens is 1. The summed E-state index contributed by atoms with van der Waals surface area (Å²) in [6, 6.07) is 0. The van der Waals surface area contributed by atoms with E-state index >= 15 is 0 Å². The van der Waals surface area contributed by atoms with Crippen LogP contribution >= 0.6 is 0 Å². The lowest BCUT2D eigenvalue weighted by Crippen LogP contribution is -2.42. The van der Waals surface area contributed by atoms with Crippen LogP contribution in [0.4, 0.5) is 4.39 Å². The standard InChI is InChI=1S/C18H25FN2O6/c1-10-20-17(25)11(19)8-21(10)15-7-12(13(9-22)26-15)27-16(24)6-5-14(23)18(2,3)4/h8,12-13,15,22H,1,5-7,9H2,2-4H3,(H,20,25). The van der Waals surface area contributed by atoms with E-state index in [2.05, 4.69) is 11.9 Å². The molecule has 0 aromatic rings. The van der Waals surface area contributed by atoms with Crippen molar-refractivity contribution in [2.24, 2.45) is 5.41 Å². The largest absolute Gasteiger partial charge is 0.459 e. The highest BCUT2D eigenvalue weighted by molar-refractivity contribution is 5.93. The molecule has 2 N–H and O–H groups in total. The normalized spacial score (nSPS) is 25.9. The molecule has 0 radical (unpaired) electrons. The number of nitrogens with zero attached hydrogens (tertiary/aromatic N) is 1. The molecule has 0 spiro atoms. The van der Waals surface area contributed by atoms with Crippen molar-refractivity contribution in [2.75, 3.05) is 6.61 Å². The Hall–Kier alpha value is -2.26. The van der Waals surface area contributed by atoms with Gasteiger partial charge in [0.2, 0.25) is 5.83 Å². The van der Waals surface area contributed by atoms with Gasteiger partial charge in [0.25, 0.3) is 5.91 Å². The highest BCUT2D eigenvalue weighted by Crippen LogP contribution is 2.30. The third kappa shape index (κ3) is 5.14. The van der Waals surface area contributed by atoms with Gasteiger partial charge in [0.15, 0.2) is 0 Å². The second-order valence-corrected chi connectivity index (χ2v) is 7.53. The Kier molecular flexibility index (Phi) is 6.38. The van der Waals surface area contributed by atoms with Crippen molar-refractivity contribution in [1.29, 1.82) is 0 Å². The van der Waals surface area contributed by atoms with Gasteiger partial charge < -0.3 is 24.8 Å². The molecule has 150 valence electrons. The van der Waals surface area contributed by atoms with Crippen molar-refractivity contribution in [2.45, 2.75) is 58.5 Å². The zero-order chi connectivity index (χ0) is 20.4. The Labute approximate surface area is 157 Å². The van der Waals surface area contributed by atoms with Crippen LogP contribution in [0, 0.1) is 5.41 Å². The van der Waals surface area contributed by atoms with E-state index in [0.717, 1.165) is 6.20 Å². The predicted molar refractivity (Wildman–Crippen MR) is 92.3 cm³/mol. The van der Waals surface area contributed by atoms with Crippen molar-refractivity contribution >= 4 is 17.7 Å². The van der Waals surface area contributed by atoms with Gasteiger partial charge in [-0.2, -0.15) is 4.39 Å². The second kappa shape index (κ2) is 8.18. The molecule has 0 aromatic carbocycles. The number of aliphatic hydroxyl groups is 1. The summed E-state index contributed by atoms with van der Waals surface area (Å²) < 4.78 is 24.5. The average molecular weight is 384 g/mol. The molecule has 2 aliphatic heterocycles. The lowest BCUT2D eigenvalue weighted by Gasteiger charge is -2.31. The first-order valence-electron chi connectivity index (χ1n) is 8.68. The zero-order valence-corrected chi connectivity index (χ0v) is 15.7. The Bertz CT molecular complexity index is 669. The van der Waals surface area contributed by atoms with Crippen LogP contribution in [0.25, 0.3) is 0 Å². The zero-order valence-electron chi connectivity index (χ0n) is 15.7. The number of ether oxygens (including phenoxy) is 2. The number of rotatable bonds is 6. The van der Waals surface area contributed by atoms with Gasteiger partial charge in [-0.15, -0.1) is 0 Å². The molecule has 1 amide bonds. The lowest BCUT2D eigenvalue weighted by atomic mass is 9.88. The van der Waals surface area contributed by atoms with E-state index in [1.165, 1.54) is 4.90 Å². The Morgan fingerprint density at radius 2 is 2.11 bits per heavy atom. The molecule has 0 bridgehead atoms. The number of carbonyl (C=O) groups is 3. The molecule has 1 fully saturated rings. The highest BCUT2D eigenvalue weighted by atomic mass is 19.1. The summed E-state index contributed by atoms with van der Waals surface area (Å²) in [5.74, 6) is -2.43. The summed E-state index contributed by atoms with van der Waals surface area (Å²) in [6.45, 7) is 8.54. The molecule has 3 atom stereocenters. The molecule has 2 heterocycles. The topological polar surface area (TPSA) is 105 Å². The van der Waals surface area contributed by atoms with E-state index in [9.17, 15) is 23.9 Å². The van der Waals surface area contributed by atoms with Crippen LogP contribution in [0.5, 0.6) is 0 Å². The molecule has 2 aliphatic rings. The van der Waals surface area contributed by atoms with Gasteiger partial charge in [0.05, 0.1) is 13.0 Å². The number of nitrogens with one attached hydrogen (secondary N) is 1. The fraction of sp³-hybridized carbons (Fsp3) is 0.611. The molecular weight excluding hydrogens is 359 g/mol. The van der Waals surface area contributed by atoms with Gasteiger partial charge in [-0.05, 0) is 0 Å². The van der Waals surface area contributed by atoms with Crippen LogP contribution in [-0.2, 0) is 23.9 Å². The minimum Gasteiger partial charge on any atom is -0.459 e. The molecule has 0 aromatic heterocycles. The first kappa shape index (κ1) is 21.0. The van der Waals surface area contributed by atoms with Gasteiger partial charge in [-0.1, -0.05) is 27.4 Å². The third-order valence-electron chi connectivity index (χ3n) is 4.39. The van der Waals surface area contributed by atoms with Crippen LogP contribution in [0.2, 0.25) is 0 Å².